The van der Waals surface area contributed by atoms with Crippen LogP contribution >= 0.6 is 0 Å². The van der Waals surface area contributed by atoms with E-state index in [0.29, 0.717) is 0 Å². The standard InChI is InChI=1S/C40H55N7O12Si/c1-24(48)19-20-30(50)57-36-33(45-47-42)38(59-60(7,8)40(4,5)6)56-29(23-52-21-27-15-11-9-12-16-27)34(36)58-37-32(44-46-41)35(55-26(3)49)31(25(2)54-37)43-39(51)53-22-28-17-13-10-14-18-28/h9-18,25,29,31-38H,19-23H2,1-8H3,(H,43,51)/t25-,29-,31+,32-,33-,34+,35+,36-,37-,38+/m1/s1. The fourth-order valence-electron chi connectivity index (χ4n) is 6.32. The van der Waals surface area contributed by atoms with E-state index in [4.69, 9.17) is 37.6 Å². The molecule has 2 aromatic carbocycles. The summed E-state index contributed by atoms with van der Waals surface area (Å²) in [6, 6.07) is 14.3. The van der Waals surface area contributed by atoms with Gasteiger partial charge in [0.25, 0.3) is 0 Å². The second-order valence-corrected chi connectivity index (χ2v) is 20.8. The Morgan fingerprint density at radius 3 is 1.93 bits per heavy atom. The number of alkyl carbamates (subject to hydrolysis) is 1. The topological polar surface area (TPSA) is 252 Å². The first-order chi connectivity index (χ1) is 28.4. The number of ether oxygens (including phenoxy) is 7. The Morgan fingerprint density at radius 2 is 1.38 bits per heavy atom. The Morgan fingerprint density at radius 1 is 0.800 bits per heavy atom. The Balaban J connectivity index is 1.75. The lowest BCUT2D eigenvalue weighted by Gasteiger charge is -2.50. The summed E-state index contributed by atoms with van der Waals surface area (Å²) in [6.45, 7) is 13.9. The highest BCUT2D eigenvalue weighted by atomic mass is 28.4. The molecular formula is C40H55N7O12Si. The molecule has 0 unspecified atom stereocenters. The number of carbonyl (C=O) groups is 4. The van der Waals surface area contributed by atoms with Gasteiger partial charge >= 0.3 is 18.0 Å². The van der Waals surface area contributed by atoms with Crippen molar-refractivity contribution in [2.24, 2.45) is 10.2 Å². The summed E-state index contributed by atoms with van der Waals surface area (Å²) in [5.74, 6) is -1.83. The monoisotopic (exact) mass is 853 g/mol. The number of esters is 2. The lowest BCUT2D eigenvalue weighted by molar-refractivity contribution is -0.313. The first-order valence-electron chi connectivity index (χ1n) is 19.6. The van der Waals surface area contributed by atoms with Crippen molar-refractivity contribution in [2.45, 2.75) is 147 Å². The number of azide groups is 2. The second kappa shape index (κ2) is 22.0. The van der Waals surface area contributed by atoms with Crippen LogP contribution in [0.15, 0.2) is 70.9 Å². The van der Waals surface area contributed by atoms with Gasteiger partial charge in [0.05, 0.1) is 31.8 Å². The average Bonchev–Trinajstić information content (AvgIpc) is 3.18. The van der Waals surface area contributed by atoms with Crippen molar-refractivity contribution in [2.75, 3.05) is 6.61 Å². The van der Waals surface area contributed by atoms with Gasteiger partial charge in [-0.1, -0.05) is 91.7 Å². The fraction of sp³-hybridized carbons (Fsp3) is 0.600. The van der Waals surface area contributed by atoms with Crippen molar-refractivity contribution < 1.29 is 56.8 Å². The van der Waals surface area contributed by atoms with Gasteiger partial charge in [-0.3, -0.25) is 9.59 Å². The lowest BCUT2D eigenvalue weighted by atomic mass is 9.93. The maximum absolute atomic E-state index is 13.5. The number of hydrogen-bond donors (Lipinski definition) is 1. The van der Waals surface area contributed by atoms with Gasteiger partial charge in [0.1, 0.15) is 48.9 Å². The molecule has 2 fully saturated rings. The second-order valence-electron chi connectivity index (χ2n) is 16.1. The third-order valence-corrected chi connectivity index (χ3v) is 14.9. The predicted octanol–water partition coefficient (Wildman–Crippen LogP) is 6.95. The first kappa shape index (κ1) is 47.6. The van der Waals surface area contributed by atoms with E-state index in [0.717, 1.165) is 18.1 Å². The molecule has 1 N–H and O–H groups in total. The number of hydrogen-bond acceptors (Lipinski definition) is 14. The van der Waals surface area contributed by atoms with Crippen molar-refractivity contribution >= 4 is 32.1 Å². The molecule has 2 aliphatic rings. The van der Waals surface area contributed by atoms with Crippen LogP contribution in [0.4, 0.5) is 4.79 Å². The molecule has 0 saturated carbocycles. The van der Waals surface area contributed by atoms with E-state index in [1.165, 1.54) is 6.92 Å². The van der Waals surface area contributed by atoms with Crippen LogP contribution in [0.3, 0.4) is 0 Å². The van der Waals surface area contributed by atoms with Crippen LogP contribution in [0.5, 0.6) is 0 Å². The highest BCUT2D eigenvalue weighted by molar-refractivity contribution is 6.74. The largest absolute Gasteiger partial charge is 0.460 e. The molecule has 0 aromatic heterocycles. The zero-order chi connectivity index (χ0) is 44.0. The molecule has 0 bridgehead atoms. The molecule has 10 atom stereocenters. The Hall–Kier alpha value is -5.04. The highest BCUT2D eigenvalue weighted by Crippen LogP contribution is 2.41. The molecule has 60 heavy (non-hydrogen) atoms. The van der Waals surface area contributed by atoms with Gasteiger partial charge in [-0.15, -0.1) is 0 Å². The predicted molar refractivity (Wildman–Crippen MR) is 217 cm³/mol. The van der Waals surface area contributed by atoms with E-state index in [1.807, 2.05) is 70.3 Å². The van der Waals surface area contributed by atoms with Gasteiger partial charge < -0.3 is 47.7 Å². The zero-order valence-corrected chi connectivity index (χ0v) is 36.2. The van der Waals surface area contributed by atoms with E-state index in [9.17, 15) is 30.2 Å². The van der Waals surface area contributed by atoms with Crippen molar-refractivity contribution in [3.05, 3.63) is 92.7 Å². The van der Waals surface area contributed by atoms with Crippen LogP contribution in [0.1, 0.15) is 65.5 Å². The Bertz CT molecular complexity index is 1860. The molecule has 4 rings (SSSR count). The van der Waals surface area contributed by atoms with E-state index < -0.39 is 87.6 Å². The third kappa shape index (κ3) is 13.5. The smallest absolute Gasteiger partial charge is 0.407 e. The fourth-order valence-corrected chi connectivity index (χ4v) is 7.45. The summed E-state index contributed by atoms with van der Waals surface area (Å²) in [7, 11) is -2.69. The van der Waals surface area contributed by atoms with Crippen LogP contribution in [-0.4, -0.2) is 100.0 Å². The summed E-state index contributed by atoms with van der Waals surface area (Å²) < 4.78 is 49.4. The Kier molecular flexibility index (Phi) is 17.5. The average molecular weight is 854 g/mol. The van der Waals surface area contributed by atoms with Crippen molar-refractivity contribution in [1.29, 1.82) is 0 Å². The molecule has 0 spiro atoms. The highest BCUT2D eigenvalue weighted by Gasteiger charge is 2.55. The molecule has 2 aliphatic heterocycles. The molecule has 2 aromatic rings. The summed E-state index contributed by atoms with van der Waals surface area (Å²) in [5.41, 5.74) is 21.2. The number of amides is 1. The van der Waals surface area contributed by atoms with Gasteiger partial charge in [0.15, 0.2) is 20.9 Å². The summed E-state index contributed by atoms with van der Waals surface area (Å²) in [4.78, 5) is 57.0. The van der Waals surface area contributed by atoms with Gasteiger partial charge in [-0.2, -0.15) is 0 Å². The van der Waals surface area contributed by atoms with Crippen LogP contribution in [-0.2, 0) is 65.2 Å². The van der Waals surface area contributed by atoms with Crippen molar-refractivity contribution in [3.8, 4) is 0 Å². The minimum Gasteiger partial charge on any atom is -0.460 e. The summed E-state index contributed by atoms with van der Waals surface area (Å²) >= 11 is 0. The van der Waals surface area contributed by atoms with Crippen LogP contribution < -0.4 is 5.32 Å². The number of benzene rings is 2. The number of carbonyl (C=O) groups excluding carboxylic acids is 4. The maximum atomic E-state index is 13.5. The molecule has 20 heteroatoms. The van der Waals surface area contributed by atoms with Crippen molar-refractivity contribution in [3.63, 3.8) is 0 Å². The molecule has 0 aliphatic carbocycles. The molecule has 2 heterocycles. The molecule has 326 valence electrons. The van der Waals surface area contributed by atoms with Crippen molar-refractivity contribution in [1.82, 2.24) is 5.32 Å². The van der Waals surface area contributed by atoms with Gasteiger partial charge in [0.2, 0.25) is 0 Å². The van der Waals surface area contributed by atoms with Gasteiger partial charge in [-0.05, 0) is 54.2 Å². The molecule has 1 amide bonds. The van der Waals surface area contributed by atoms with Crippen LogP contribution in [0.25, 0.3) is 20.9 Å². The lowest BCUT2D eigenvalue weighted by Crippen LogP contribution is -2.67. The number of rotatable bonds is 18. The van der Waals surface area contributed by atoms with E-state index >= 15 is 0 Å². The van der Waals surface area contributed by atoms with Gasteiger partial charge in [0, 0.05) is 23.2 Å². The van der Waals surface area contributed by atoms with Gasteiger partial charge in [-0.25, -0.2) is 4.79 Å². The van der Waals surface area contributed by atoms with E-state index in [2.05, 4.69) is 25.4 Å². The molecule has 19 nitrogen and oxygen atoms in total. The number of ketones is 1. The Labute approximate surface area is 350 Å². The normalized spacial score (nSPS) is 26.7. The minimum atomic E-state index is -2.69. The van der Waals surface area contributed by atoms with Crippen LogP contribution in [0.2, 0.25) is 18.1 Å². The molecular weight excluding hydrogens is 799 g/mol. The summed E-state index contributed by atoms with van der Waals surface area (Å²) in [5, 5.41) is 10.2. The zero-order valence-electron chi connectivity index (χ0n) is 35.2. The van der Waals surface area contributed by atoms with E-state index in [-0.39, 0.29) is 43.5 Å². The van der Waals surface area contributed by atoms with Crippen LogP contribution in [0, 0.1) is 0 Å². The number of nitrogens with one attached hydrogen (secondary N) is 1. The third-order valence-electron chi connectivity index (χ3n) is 10.5. The van der Waals surface area contributed by atoms with E-state index in [1.54, 1.807) is 31.2 Å². The first-order valence-corrected chi connectivity index (χ1v) is 22.5. The molecule has 0 radical (unpaired) electrons. The minimum absolute atomic E-state index is 0.0627. The SMILES string of the molecule is CC(=O)CCC(=O)O[C@@H]1[C@@H](N=[N+]=[N-])[C@H](O[Si](C)(C)C(C)(C)C)O[C@H](COCc2ccccc2)[C@@H]1O[C@H]1O[C@H](C)[C@H](NC(=O)OCc2ccccc2)[C@H](OC(C)=O)[C@H]1N=[N+]=[N-]. The molecule has 2 saturated heterocycles. The maximum Gasteiger partial charge on any atom is 0.407 e. The number of Topliss-reactive ketones (excluding diaryl/α,β-unsaturated/α-hetero) is 1. The summed E-state index contributed by atoms with van der Waals surface area (Å²) in [6.07, 6.45) is -10.4. The quantitative estimate of drug-likeness (QED) is 0.0400. The number of nitrogens with zero attached hydrogens (tertiary/aromatic N) is 6.